The molecule has 0 aromatic rings. The Hall–Kier alpha value is 1.38. The molecule has 0 fully saturated rings. The van der Waals surface area contributed by atoms with Crippen LogP contribution < -0.4 is 0 Å². The van der Waals surface area contributed by atoms with Crippen molar-refractivity contribution in [2.45, 2.75) is 13.8 Å². The van der Waals surface area contributed by atoms with Gasteiger partial charge in [-0.3, -0.25) is 4.79 Å². The van der Waals surface area contributed by atoms with Gasteiger partial charge in [0, 0.05) is 5.71 Å². The fraction of sp³-hybridized carbons (Fsp3) is 0.500. The molecule has 0 atom stereocenters. The van der Waals surface area contributed by atoms with Crippen LogP contribution in [-0.2, 0) is 14.3 Å². The molecule has 0 aliphatic carbocycles. The molecule has 9 heavy (non-hydrogen) atoms. The van der Waals surface area contributed by atoms with Gasteiger partial charge in [0.1, 0.15) is 1.37 Å². The second kappa shape index (κ2) is 12.1. The van der Waals surface area contributed by atoms with Crippen molar-refractivity contribution in [3.63, 3.8) is 0 Å². The summed E-state index contributed by atoms with van der Waals surface area (Å²) in [4.78, 5) is 13.0. The molecule has 0 unspecified atom stereocenters. The summed E-state index contributed by atoms with van der Waals surface area (Å²) in [5.41, 5.74) is 0.625. The number of carbonyl (C=O) groups is 1. The van der Waals surface area contributed by atoms with Crippen LogP contribution in [0.5, 0.6) is 0 Å². The zero-order valence-corrected chi connectivity index (χ0v) is 10.8. The van der Waals surface area contributed by atoms with Crippen molar-refractivity contribution in [2.24, 2.45) is 4.99 Å². The van der Waals surface area contributed by atoms with Crippen molar-refractivity contribution in [3.8, 4) is 0 Å². The van der Waals surface area contributed by atoms with E-state index in [-0.39, 0.29) is 0 Å². The average molecular weight is 391 g/mol. The topological polar surface area (TPSA) is 29.4 Å². The molecule has 0 heterocycles. The molecular weight excluding hydrogens is 383 g/mol. The van der Waals surface area contributed by atoms with E-state index in [0.29, 0.717) is 15.2 Å². The molecule has 2 nitrogen and oxygen atoms in total. The van der Waals surface area contributed by atoms with Crippen molar-refractivity contribution < 1.29 is 15.6 Å². The van der Waals surface area contributed by atoms with Crippen molar-refractivity contribution >= 4 is 52.1 Å². The molecule has 0 aliphatic rings. The van der Waals surface area contributed by atoms with Gasteiger partial charge in [-0.05, 0) is 13.8 Å². The Morgan fingerprint density at radius 1 is 1.78 bits per heavy atom. The second-order valence-electron chi connectivity index (χ2n) is 1.21. The number of amides is 1. The number of rotatable bonds is 0. The first-order valence-electron chi connectivity index (χ1n) is 2.49. The van der Waals surface area contributed by atoms with Crippen LogP contribution in [0.4, 0.5) is 0 Å². The maximum absolute atomic E-state index is 9.73. The molecule has 0 rings (SSSR count). The first kappa shape index (κ1) is 10.4. The maximum atomic E-state index is 9.73. The summed E-state index contributed by atoms with van der Waals surface area (Å²) in [7, 11) is 0.628. The summed E-state index contributed by atoms with van der Waals surface area (Å²) < 4.78 is 6.28. The summed E-state index contributed by atoms with van der Waals surface area (Å²) in [5.74, 6) is 0. The molecule has 0 bridgehead atoms. The monoisotopic (exact) mass is 391 g/mol. The fourth-order valence-electron chi connectivity index (χ4n) is 0.0913. The predicted molar refractivity (Wildman–Crippen MR) is 52.9 cm³/mol. The van der Waals surface area contributed by atoms with Gasteiger partial charge in [0.15, 0.2) is 0 Å². The Bertz CT molecular complexity index is 126. The van der Waals surface area contributed by atoms with Crippen LogP contribution in [-0.4, -0.2) is 12.1 Å². The average Bonchev–Trinajstić information content (AvgIpc) is 1.62. The van der Waals surface area contributed by atoms with E-state index in [1.807, 2.05) is 0 Å². The Morgan fingerprint density at radius 2 is 2.11 bits per heavy atom. The molecule has 5 heteroatoms. The van der Waals surface area contributed by atoms with Crippen molar-refractivity contribution in [3.05, 3.63) is 0 Å². The Balaban J connectivity index is 0. The van der Waals surface area contributed by atoms with Gasteiger partial charge in [-0.15, -0.1) is 0 Å². The number of carbonyl (C=O) groups excluding carboxylic acids is 1. The van der Waals surface area contributed by atoms with Crippen LogP contribution >= 0.6 is 40.0 Å². The van der Waals surface area contributed by atoms with Crippen LogP contribution in [0, 0.1) is 0 Å². The second-order valence-corrected chi connectivity index (χ2v) is 13.0. The van der Waals surface area contributed by atoms with Gasteiger partial charge in [0.05, 0.1) is 0 Å². The van der Waals surface area contributed by atoms with Crippen LogP contribution in [0.2, 0.25) is 0 Å². The summed E-state index contributed by atoms with van der Waals surface area (Å²) >= 11 is 4.74. The van der Waals surface area contributed by atoms with E-state index in [9.17, 15) is 4.79 Å². The molecular formula is C4H7I2NOV. The third-order valence-corrected chi connectivity index (χ3v) is 0.269. The van der Waals surface area contributed by atoms with Crippen molar-refractivity contribution in [1.82, 2.24) is 0 Å². The third-order valence-electron chi connectivity index (χ3n) is 0.269. The molecule has 0 saturated heterocycles. The minimum absolute atomic E-state index is 0.625. The fourth-order valence-corrected chi connectivity index (χ4v) is 0.0913. The zero-order chi connectivity index (χ0) is 8.57. The Morgan fingerprint density at radius 3 is 2.11 bits per heavy atom. The van der Waals surface area contributed by atoms with Gasteiger partial charge in [0.25, 0.3) is 0 Å². The molecule has 53 valence electrons. The summed E-state index contributed by atoms with van der Waals surface area (Å²) in [6.45, 7) is 3.35. The first-order valence-corrected chi connectivity index (χ1v) is 11.0. The molecule has 0 saturated carbocycles. The van der Waals surface area contributed by atoms with E-state index in [1.54, 1.807) is 13.8 Å². The van der Waals surface area contributed by atoms with Crippen LogP contribution in [0.3, 0.4) is 0 Å². The normalized spacial score (nSPS) is 7.78. The minimum atomic E-state index is -0.875. The van der Waals surface area contributed by atoms with E-state index in [4.69, 9.17) is 1.37 Å². The molecule has 0 aliphatic heterocycles. The SMILES string of the molecule is [2H]C(=O)N=C(C)C.[I][V][I]. The Kier molecular flexibility index (Phi) is 14.0. The van der Waals surface area contributed by atoms with E-state index >= 15 is 0 Å². The number of aliphatic imine (C=N–C) groups is 1. The van der Waals surface area contributed by atoms with Gasteiger partial charge >= 0.3 is 49.4 Å². The van der Waals surface area contributed by atoms with E-state index in [0.717, 1.165) is 0 Å². The van der Waals surface area contributed by atoms with Crippen molar-refractivity contribution in [1.29, 1.82) is 0 Å². The zero-order valence-electron chi connectivity index (χ0n) is 6.06. The number of nitrogens with zero attached hydrogens (tertiary/aromatic N) is 1. The number of halogens is 2. The number of hydrogen-bond acceptors (Lipinski definition) is 1. The van der Waals surface area contributed by atoms with Crippen LogP contribution in [0.15, 0.2) is 4.99 Å². The predicted octanol–water partition coefficient (Wildman–Crippen LogP) is 2.39. The molecule has 0 radical (unpaired) electrons. The van der Waals surface area contributed by atoms with Crippen LogP contribution in [0.25, 0.3) is 0 Å². The number of hydrogen-bond donors (Lipinski definition) is 0. The molecule has 0 aromatic heterocycles. The van der Waals surface area contributed by atoms with E-state index in [2.05, 4.69) is 45.0 Å². The Labute approximate surface area is 85.5 Å². The quantitative estimate of drug-likeness (QED) is 0.355. The van der Waals surface area contributed by atoms with Gasteiger partial charge in [-0.25, -0.2) is 4.99 Å². The summed E-state index contributed by atoms with van der Waals surface area (Å²) in [5, 5.41) is 0. The van der Waals surface area contributed by atoms with E-state index in [1.165, 1.54) is 0 Å². The van der Waals surface area contributed by atoms with Gasteiger partial charge < -0.3 is 0 Å². The van der Waals surface area contributed by atoms with Gasteiger partial charge in [-0.2, -0.15) is 0 Å². The third kappa shape index (κ3) is 26.6. The van der Waals surface area contributed by atoms with Gasteiger partial charge in [-0.1, -0.05) is 0 Å². The standard InChI is InChI=1S/C4H7NO.2HI.V/c1-4(2)5-3-6;;;/h3H,1-2H3;2*1H;/q;;;+2/p-2/i3D;;;. The summed E-state index contributed by atoms with van der Waals surface area (Å²) in [6, 6.07) is 0. The molecule has 1 amide bonds. The summed E-state index contributed by atoms with van der Waals surface area (Å²) in [6.07, 6.45) is -0.875. The first-order chi connectivity index (χ1) is 4.54. The van der Waals surface area contributed by atoms with Gasteiger partial charge in [0.2, 0.25) is 6.39 Å². The van der Waals surface area contributed by atoms with E-state index < -0.39 is 6.39 Å². The van der Waals surface area contributed by atoms with Crippen LogP contribution in [0.1, 0.15) is 15.2 Å². The molecule has 0 aromatic carbocycles. The molecule has 0 N–H and O–H groups in total. The molecule has 0 spiro atoms. The van der Waals surface area contributed by atoms with Crippen molar-refractivity contribution in [2.75, 3.05) is 0 Å².